The zero-order valence-corrected chi connectivity index (χ0v) is 10.7. The number of benzene rings is 1. The Balaban J connectivity index is 2.42. The second-order valence-electron chi connectivity index (χ2n) is 4.06. The van der Waals surface area contributed by atoms with E-state index in [1.54, 1.807) is 24.3 Å². The number of carbonyl (C=O) groups is 3. The summed E-state index contributed by atoms with van der Waals surface area (Å²) >= 11 is 0. The van der Waals surface area contributed by atoms with Crippen LogP contribution < -0.4 is 9.84 Å². The van der Waals surface area contributed by atoms with Gasteiger partial charge in [-0.15, -0.1) is 0 Å². The van der Waals surface area contributed by atoms with Crippen LogP contribution in [0.15, 0.2) is 24.3 Å². The minimum Gasteiger partial charge on any atom is -0.550 e. The molecule has 0 aliphatic carbocycles. The van der Waals surface area contributed by atoms with Crippen molar-refractivity contribution in [1.82, 2.24) is 0 Å². The third-order valence-corrected chi connectivity index (χ3v) is 2.65. The molecule has 5 nitrogen and oxygen atoms in total. The Bertz CT molecular complexity index is 461. The van der Waals surface area contributed by atoms with Gasteiger partial charge in [0.2, 0.25) is 0 Å². The van der Waals surface area contributed by atoms with Gasteiger partial charge in [0.05, 0.1) is 7.11 Å². The van der Waals surface area contributed by atoms with Crippen molar-refractivity contribution in [3.63, 3.8) is 0 Å². The van der Waals surface area contributed by atoms with Gasteiger partial charge in [0, 0.05) is 30.8 Å². The van der Waals surface area contributed by atoms with Crippen LogP contribution in [0.25, 0.3) is 0 Å². The number of carboxylic acids is 1. The Morgan fingerprint density at radius 2 is 1.58 bits per heavy atom. The molecule has 0 aliphatic rings. The maximum absolute atomic E-state index is 11.8. The summed E-state index contributed by atoms with van der Waals surface area (Å²) in [6, 6.07) is 6.61. The zero-order chi connectivity index (χ0) is 14.3. The fourth-order valence-electron chi connectivity index (χ4n) is 1.54. The third-order valence-electron chi connectivity index (χ3n) is 2.65. The molecule has 0 spiro atoms. The van der Waals surface area contributed by atoms with Crippen LogP contribution in [0.2, 0.25) is 0 Å². The summed E-state index contributed by atoms with van der Waals surface area (Å²) < 4.78 is 4.97. The van der Waals surface area contributed by atoms with E-state index < -0.39 is 5.97 Å². The smallest absolute Gasteiger partial charge is 0.163 e. The lowest BCUT2D eigenvalue weighted by atomic mass is 10.0. The van der Waals surface area contributed by atoms with Crippen molar-refractivity contribution < 1.29 is 24.2 Å². The van der Waals surface area contributed by atoms with Gasteiger partial charge < -0.3 is 14.6 Å². The fourth-order valence-corrected chi connectivity index (χ4v) is 1.54. The number of hydrogen-bond donors (Lipinski definition) is 0. The van der Waals surface area contributed by atoms with Crippen LogP contribution in [0, 0.1) is 0 Å². The molecule has 1 aromatic carbocycles. The van der Waals surface area contributed by atoms with Gasteiger partial charge in [0.1, 0.15) is 11.5 Å². The first-order chi connectivity index (χ1) is 9.02. The van der Waals surface area contributed by atoms with E-state index in [0.29, 0.717) is 11.3 Å². The summed E-state index contributed by atoms with van der Waals surface area (Å²) in [7, 11) is 1.53. The van der Waals surface area contributed by atoms with Crippen LogP contribution in [0.3, 0.4) is 0 Å². The molecule has 1 aromatic rings. The number of methoxy groups -OCH3 is 1. The van der Waals surface area contributed by atoms with Crippen molar-refractivity contribution >= 4 is 17.5 Å². The van der Waals surface area contributed by atoms with E-state index in [4.69, 9.17) is 4.74 Å². The lowest BCUT2D eigenvalue weighted by molar-refractivity contribution is -0.305. The molecular formula is C14H15O5-. The number of carboxylic acid groups (broad SMARTS) is 1. The molecule has 19 heavy (non-hydrogen) atoms. The van der Waals surface area contributed by atoms with E-state index in [2.05, 4.69) is 0 Å². The predicted octanol–water partition coefficient (Wildman–Crippen LogP) is 0.757. The molecule has 0 heterocycles. The largest absolute Gasteiger partial charge is 0.550 e. The topological polar surface area (TPSA) is 83.5 Å². The summed E-state index contributed by atoms with van der Waals surface area (Å²) in [6.07, 6.45) is -0.246. The number of aliphatic carboxylic acids is 1. The van der Waals surface area contributed by atoms with Gasteiger partial charge in [-0.1, -0.05) is 0 Å². The molecule has 0 fully saturated rings. The monoisotopic (exact) mass is 263 g/mol. The molecular weight excluding hydrogens is 248 g/mol. The van der Waals surface area contributed by atoms with Crippen molar-refractivity contribution in [2.24, 2.45) is 0 Å². The quantitative estimate of drug-likeness (QED) is 0.646. The zero-order valence-electron chi connectivity index (χ0n) is 10.7. The summed E-state index contributed by atoms with van der Waals surface area (Å²) in [5.74, 6) is -0.994. The SMILES string of the molecule is COc1ccc(C(=O)CCC(=O)CCC(=O)[O-])cc1. The molecule has 0 unspecified atom stereocenters. The molecule has 1 rings (SSSR count). The van der Waals surface area contributed by atoms with Crippen LogP contribution >= 0.6 is 0 Å². The number of hydrogen-bond acceptors (Lipinski definition) is 5. The summed E-state index contributed by atoms with van der Waals surface area (Å²) in [5.41, 5.74) is 0.508. The average molecular weight is 263 g/mol. The molecule has 0 amide bonds. The van der Waals surface area contributed by atoms with Gasteiger partial charge in [-0.3, -0.25) is 9.59 Å². The van der Waals surface area contributed by atoms with Crippen molar-refractivity contribution in [3.8, 4) is 5.75 Å². The molecule has 0 bridgehead atoms. The number of rotatable bonds is 8. The van der Waals surface area contributed by atoms with Crippen LogP contribution in [-0.4, -0.2) is 24.6 Å². The fraction of sp³-hybridized carbons (Fsp3) is 0.357. The number of Topliss-reactive ketones (excluding diaryl/α,β-unsaturated/α-hetero) is 2. The van der Waals surface area contributed by atoms with Crippen molar-refractivity contribution in [2.75, 3.05) is 7.11 Å². The Labute approximate surface area is 111 Å². The van der Waals surface area contributed by atoms with E-state index >= 15 is 0 Å². The third kappa shape index (κ3) is 5.33. The molecule has 0 radical (unpaired) electrons. The molecule has 0 aromatic heterocycles. The summed E-state index contributed by atoms with van der Waals surface area (Å²) in [6.45, 7) is 0. The van der Waals surface area contributed by atoms with Gasteiger partial charge in [-0.2, -0.15) is 0 Å². The standard InChI is InChI=1S/C14H16O5/c1-19-12-6-2-10(3-7-12)13(16)8-4-11(15)5-9-14(17)18/h2-3,6-7H,4-5,8-9H2,1H3,(H,17,18)/p-1. The van der Waals surface area contributed by atoms with Crippen molar-refractivity contribution in [2.45, 2.75) is 25.7 Å². The van der Waals surface area contributed by atoms with Gasteiger partial charge in [-0.05, 0) is 30.7 Å². The maximum Gasteiger partial charge on any atom is 0.163 e. The Morgan fingerprint density at radius 1 is 1.00 bits per heavy atom. The maximum atomic E-state index is 11.8. The second kappa shape index (κ2) is 7.31. The lowest BCUT2D eigenvalue weighted by Crippen LogP contribution is -2.22. The van der Waals surface area contributed by atoms with E-state index in [9.17, 15) is 19.5 Å². The van der Waals surface area contributed by atoms with Crippen LogP contribution in [0.5, 0.6) is 5.75 Å². The minimum absolute atomic E-state index is 0.0537. The predicted molar refractivity (Wildman–Crippen MR) is 65.8 cm³/mol. The molecule has 0 saturated heterocycles. The average Bonchev–Trinajstić information content (AvgIpc) is 2.42. The lowest BCUT2D eigenvalue weighted by Gasteiger charge is -2.03. The normalized spacial score (nSPS) is 9.95. The van der Waals surface area contributed by atoms with Gasteiger partial charge in [0.25, 0.3) is 0 Å². The minimum atomic E-state index is -1.25. The van der Waals surface area contributed by atoms with E-state index in [1.165, 1.54) is 7.11 Å². The first-order valence-electron chi connectivity index (χ1n) is 5.91. The van der Waals surface area contributed by atoms with E-state index in [-0.39, 0.29) is 37.2 Å². The number of ether oxygens (including phenoxy) is 1. The van der Waals surface area contributed by atoms with Crippen LogP contribution in [0.4, 0.5) is 0 Å². The first kappa shape index (κ1) is 14.9. The Hall–Kier alpha value is -2.17. The molecule has 0 atom stereocenters. The number of ketones is 2. The van der Waals surface area contributed by atoms with Gasteiger partial charge >= 0.3 is 0 Å². The van der Waals surface area contributed by atoms with E-state index in [0.717, 1.165) is 0 Å². The highest BCUT2D eigenvalue weighted by Gasteiger charge is 2.09. The second-order valence-corrected chi connectivity index (χ2v) is 4.06. The van der Waals surface area contributed by atoms with Crippen LogP contribution in [0.1, 0.15) is 36.0 Å². The molecule has 102 valence electrons. The first-order valence-corrected chi connectivity index (χ1v) is 5.91. The molecule has 0 aliphatic heterocycles. The summed E-state index contributed by atoms with van der Waals surface area (Å²) in [4.78, 5) is 33.3. The Kier molecular flexibility index (Phi) is 5.73. The van der Waals surface area contributed by atoms with Gasteiger partial charge in [0.15, 0.2) is 5.78 Å². The van der Waals surface area contributed by atoms with Crippen LogP contribution in [-0.2, 0) is 9.59 Å². The van der Waals surface area contributed by atoms with Crippen molar-refractivity contribution in [1.29, 1.82) is 0 Å². The molecule has 5 heteroatoms. The highest BCUT2D eigenvalue weighted by Crippen LogP contribution is 2.13. The van der Waals surface area contributed by atoms with Crippen molar-refractivity contribution in [3.05, 3.63) is 29.8 Å². The molecule has 0 saturated carbocycles. The number of carbonyl (C=O) groups excluding carboxylic acids is 3. The van der Waals surface area contributed by atoms with Gasteiger partial charge in [-0.25, -0.2) is 0 Å². The Morgan fingerprint density at radius 3 is 2.11 bits per heavy atom. The molecule has 0 N–H and O–H groups in total. The highest BCUT2D eigenvalue weighted by molar-refractivity contribution is 5.98. The summed E-state index contributed by atoms with van der Waals surface area (Å²) in [5, 5.41) is 10.2. The highest BCUT2D eigenvalue weighted by atomic mass is 16.5. The van der Waals surface area contributed by atoms with E-state index in [1.807, 2.05) is 0 Å².